The van der Waals surface area contributed by atoms with Crippen molar-refractivity contribution in [1.29, 1.82) is 0 Å². The van der Waals surface area contributed by atoms with E-state index in [-0.39, 0.29) is 11.7 Å². The Labute approximate surface area is 92.7 Å². The summed E-state index contributed by atoms with van der Waals surface area (Å²) < 4.78 is 0. The maximum atomic E-state index is 11.6. The third-order valence-corrected chi connectivity index (χ3v) is 3.49. The van der Waals surface area contributed by atoms with Gasteiger partial charge in [-0.05, 0) is 17.9 Å². The molecule has 1 aliphatic heterocycles. The van der Waals surface area contributed by atoms with Crippen LogP contribution in [0.15, 0.2) is 11.4 Å². The van der Waals surface area contributed by atoms with E-state index in [1.165, 1.54) is 11.3 Å². The van der Waals surface area contributed by atoms with Crippen LogP contribution in [-0.4, -0.2) is 18.2 Å². The van der Waals surface area contributed by atoms with Gasteiger partial charge >= 0.3 is 0 Å². The van der Waals surface area contributed by atoms with Crippen LogP contribution in [0.4, 0.5) is 5.00 Å². The number of ketones is 1. The Kier molecular flexibility index (Phi) is 2.86. The topological polar surface area (TPSA) is 37.4 Å². The predicted octanol–water partition coefficient (Wildman–Crippen LogP) is 2.47. The number of anilines is 1. The van der Waals surface area contributed by atoms with Crippen LogP contribution in [0.25, 0.3) is 0 Å². The smallest absolute Gasteiger partial charge is 0.296 e. The van der Waals surface area contributed by atoms with E-state index < -0.39 is 0 Å². The molecular weight excluding hydrogens is 210 g/mol. The number of nitrogens with zero attached hydrogens (tertiary/aromatic N) is 1. The quantitative estimate of drug-likeness (QED) is 0.581. The SMILES string of the molecule is CCCCCN1C(=O)C(=O)c2ccsc21. The second-order valence-corrected chi connectivity index (χ2v) is 4.53. The van der Waals surface area contributed by atoms with E-state index in [9.17, 15) is 9.59 Å². The zero-order valence-corrected chi connectivity index (χ0v) is 9.47. The summed E-state index contributed by atoms with van der Waals surface area (Å²) in [6.45, 7) is 2.79. The summed E-state index contributed by atoms with van der Waals surface area (Å²) in [5, 5.41) is 2.70. The number of carbonyl (C=O) groups is 2. The molecule has 0 atom stereocenters. The Bertz CT molecular complexity index is 397. The van der Waals surface area contributed by atoms with Gasteiger partial charge in [0.1, 0.15) is 5.00 Å². The first-order valence-electron chi connectivity index (χ1n) is 5.19. The molecule has 3 nitrogen and oxygen atoms in total. The first kappa shape index (κ1) is 10.4. The van der Waals surface area contributed by atoms with Crippen molar-refractivity contribution >= 4 is 28.0 Å². The van der Waals surface area contributed by atoms with E-state index in [1.54, 1.807) is 11.0 Å². The molecule has 1 aromatic heterocycles. The Balaban J connectivity index is 2.13. The van der Waals surface area contributed by atoms with Crippen LogP contribution >= 0.6 is 11.3 Å². The molecule has 0 saturated carbocycles. The monoisotopic (exact) mass is 223 g/mol. The molecule has 0 radical (unpaired) electrons. The van der Waals surface area contributed by atoms with Crippen LogP contribution < -0.4 is 4.90 Å². The Morgan fingerprint density at radius 2 is 2.13 bits per heavy atom. The summed E-state index contributed by atoms with van der Waals surface area (Å²) in [6.07, 6.45) is 3.18. The van der Waals surface area contributed by atoms with Gasteiger partial charge < -0.3 is 0 Å². The van der Waals surface area contributed by atoms with Crippen LogP contribution in [0.5, 0.6) is 0 Å². The second kappa shape index (κ2) is 4.14. The van der Waals surface area contributed by atoms with Crippen molar-refractivity contribution < 1.29 is 9.59 Å². The van der Waals surface area contributed by atoms with Gasteiger partial charge in [0.05, 0.1) is 5.56 Å². The minimum absolute atomic E-state index is 0.345. The van der Waals surface area contributed by atoms with Gasteiger partial charge in [-0.15, -0.1) is 11.3 Å². The third kappa shape index (κ3) is 1.69. The highest BCUT2D eigenvalue weighted by Gasteiger charge is 2.36. The summed E-state index contributed by atoms with van der Waals surface area (Å²) in [7, 11) is 0. The molecule has 0 N–H and O–H groups in total. The highest BCUT2D eigenvalue weighted by molar-refractivity contribution is 7.15. The maximum Gasteiger partial charge on any atom is 0.300 e. The highest BCUT2D eigenvalue weighted by atomic mass is 32.1. The van der Waals surface area contributed by atoms with Crippen LogP contribution in [0.2, 0.25) is 0 Å². The van der Waals surface area contributed by atoms with Crippen molar-refractivity contribution in [2.24, 2.45) is 0 Å². The van der Waals surface area contributed by atoms with Gasteiger partial charge in [0.15, 0.2) is 0 Å². The second-order valence-electron chi connectivity index (χ2n) is 3.63. The lowest BCUT2D eigenvalue weighted by Crippen LogP contribution is -2.30. The van der Waals surface area contributed by atoms with E-state index in [2.05, 4.69) is 6.92 Å². The Morgan fingerprint density at radius 3 is 2.87 bits per heavy atom. The standard InChI is InChI=1S/C11H13NO2S/c1-2-3-4-6-12-10(14)9(13)8-5-7-15-11(8)12/h5,7H,2-4,6H2,1H3. The van der Waals surface area contributed by atoms with Crippen LogP contribution in [0, 0.1) is 0 Å². The zero-order valence-electron chi connectivity index (χ0n) is 8.66. The lowest BCUT2D eigenvalue weighted by Gasteiger charge is -2.13. The molecule has 0 aromatic carbocycles. The summed E-state index contributed by atoms with van der Waals surface area (Å²) in [4.78, 5) is 24.7. The van der Waals surface area contributed by atoms with E-state index in [1.807, 2.05) is 5.38 Å². The van der Waals surface area contributed by atoms with E-state index >= 15 is 0 Å². The van der Waals surface area contributed by atoms with E-state index in [4.69, 9.17) is 0 Å². The van der Waals surface area contributed by atoms with Crippen LogP contribution in [0.1, 0.15) is 36.5 Å². The van der Waals surface area contributed by atoms with E-state index in [0.29, 0.717) is 12.1 Å². The largest absolute Gasteiger partial charge is 0.300 e. The van der Waals surface area contributed by atoms with Gasteiger partial charge in [0.2, 0.25) is 0 Å². The highest BCUT2D eigenvalue weighted by Crippen LogP contribution is 2.34. The number of hydrogen-bond donors (Lipinski definition) is 0. The molecule has 1 aromatic rings. The fraction of sp³-hybridized carbons (Fsp3) is 0.455. The van der Waals surface area contributed by atoms with Gasteiger partial charge in [-0.2, -0.15) is 0 Å². The van der Waals surface area contributed by atoms with Gasteiger partial charge in [-0.3, -0.25) is 14.5 Å². The summed E-state index contributed by atoms with van der Waals surface area (Å²) >= 11 is 1.47. The number of carbonyl (C=O) groups excluding carboxylic acids is 2. The Morgan fingerprint density at radius 1 is 1.33 bits per heavy atom. The van der Waals surface area contributed by atoms with E-state index in [0.717, 1.165) is 24.3 Å². The molecule has 2 heterocycles. The van der Waals surface area contributed by atoms with Crippen molar-refractivity contribution in [1.82, 2.24) is 0 Å². The predicted molar refractivity (Wildman–Crippen MR) is 60.5 cm³/mol. The van der Waals surface area contributed by atoms with Gasteiger partial charge in [-0.1, -0.05) is 19.8 Å². The maximum absolute atomic E-state index is 11.6. The summed E-state index contributed by atoms with van der Waals surface area (Å²) in [6, 6.07) is 1.74. The molecule has 1 aliphatic rings. The fourth-order valence-corrected chi connectivity index (χ4v) is 2.66. The lowest BCUT2D eigenvalue weighted by molar-refractivity contribution is -0.114. The van der Waals surface area contributed by atoms with Crippen molar-refractivity contribution in [2.75, 3.05) is 11.4 Å². The molecule has 15 heavy (non-hydrogen) atoms. The summed E-state index contributed by atoms with van der Waals surface area (Å²) in [5.74, 6) is -0.698. The van der Waals surface area contributed by atoms with Gasteiger partial charge in [-0.25, -0.2) is 0 Å². The van der Waals surface area contributed by atoms with Crippen molar-refractivity contribution in [3.8, 4) is 0 Å². The lowest BCUT2D eigenvalue weighted by atomic mass is 10.2. The van der Waals surface area contributed by atoms with Crippen molar-refractivity contribution in [3.63, 3.8) is 0 Å². The molecule has 0 saturated heterocycles. The normalized spacial score (nSPS) is 14.9. The molecule has 0 unspecified atom stereocenters. The molecule has 2 rings (SSSR count). The molecule has 0 fully saturated rings. The molecule has 0 bridgehead atoms. The third-order valence-electron chi connectivity index (χ3n) is 2.56. The van der Waals surface area contributed by atoms with Crippen LogP contribution in [0.3, 0.4) is 0 Å². The van der Waals surface area contributed by atoms with Gasteiger partial charge in [0, 0.05) is 6.54 Å². The average Bonchev–Trinajstić information content (AvgIpc) is 2.77. The molecule has 1 amide bonds. The molecular formula is C11H13NO2S. The number of hydrogen-bond acceptors (Lipinski definition) is 3. The van der Waals surface area contributed by atoms with Crippen molar-refractivity contribution in [2.45, 2.75) is 26.2 Å². The number of fused-ring (bicyclic) bond motifs is 1. The first-order valence-corrected chi connectivity index (χ1v) is 6.07. The number of thiophene rings is 1. The average molecular weight is 223 g/mol. The van der Waals surface area contributed by atoms with Crippen molar-refractivity contribution in [3.05, 3.63) is 17.0 Å². The number of Topliss-reactive ketones (excluding diaryl/α,β-unsaturated/α-hetero) is 1. The number of unbranched alkanes of at least 4 members (excludes halogenated alkanes) is 2. The number of amides is 1. The molecule has 0 spiro atoms. The minimum Gasteiger partial charge on any atom is -0.296 e. The summed E-state index contributed by atoms with van der Waals surface area (Å²) in [5.41, 5.74) is 0.585. The number of rotatable bonds is 4. The molecule has 4 heteroatoms. The Hall–Kier alpha value is -1.16. The van der Waals surface area contributed by atoms with Gasteiger partial charge in [0.25, 0.3) is 11.7 Å². The molecule has 80 valence electrons. The fourth-order valence-electron chi connectivity index (χ4n) is 1.74. The first-order chi connectivity index (χ1) is 7.25. The minimum atomic E-state index is -0.354. The zero-order chi connectivity index (χ0) is 10.8. The molecule has 0 aliphatic carbocycles. The van der Waals surface area contributed by atoms with Crippen LogP contribution in [-0.2, 0) is 4.79 Å².